The Labute approximate surface area is 209 Å². The lowest BCUT2D eigenvalue weighted by Crippen LogP contribution is -2.42. The van der Waals surface area contributed by atoms with Crippen LogP contribution in [0.1, 0.15) is 24.0 Å². The number of anilines is 1. The summed E-state index contributed by atoms with van der Waals surface area (Å²) in [4.78, 5) is 23.6. The van der Waals surface area contributed by atoms with Gasteiger partial charge in [0.1, 0.15) is 0 Å². The molecule has 2 saturated heterocycles. The average Bonchev–Trinajstić information content (AvgIpc) is 3.02. The molecule has 0 spiro atoms. The highest BCUT2D eigenvalue weighted by Crippen LogP contribution is 2.19. The van der Waals surface area contributed by atoms with Crippen molar-refractivity contribution >= 4 is 17.7 Å². The van der Waals surface area contributed by atoms with E-state index in [-0.39, 0.29) is 12.0 Å². The smallest absolute Gasteiger partial charge is 0.236 e. The molecule has 188 valence electrons. The molecule has 35 heavy (non-hydrogen) atoms. The maximum Gasteiger partial charge on any atom is 0.236 e. The fourth-order valence-electron chi connectivity index (χ4n) is 4.63. The van der Waals surface area contributed by atoms with E-state index in [1.165, 1.54) is 5.69 Å². The van der Waals surface area contributed by atoms with Crippen molar-refractivity contribution in [3.63, 3.8) is 0 Å². The van der Waals surface area contributed by atoms with Gasteiger partial charge in [0.15, 0.2) is 0 Å². The van der Waals surface area contributed by atoms with E-state index in [0.29, 0.717) is 32.2 Å². The van der Waals surface area contributed by atoms with Gasteiger partial charge >= 0.3 is 0 Å². The van der Waals surface area contributed by atoms with Crippen LogP contribution in [0.25, 0.3) is 6.08 Å². The van der Waals surface area contributed by atoms with Crippen molar-refractivity contribution in [1.82, 2.24) is 14.8 Å². The Hall–Kier alpha value is -2.74. The number of benzene rings is 1. The minimum atomic E-state index is -0.0396. The van der Waals surface area contributed by atoms with E-state index in [0.717, 1.165) is 50.3 Å². The van der Waals surface area contributed by atoms with Crippen LogP contribution in [0.3, 0.4) is 0 Å². The number of nitrogens with zero attached hydrogens (tertiary/aromatic N) is 4. The zero-order valence-electron chi connectivity index (χ0n) is 21.0. The number of hydrogen-bond acceptors (Lipinski definition) is 6. The van der Waals surface area contributed by atoms with Crippen LogP contribution in [-0.2, 0) is 20.9 Å². The Morgan fingerprint density at radius 2 is 1.83 bits per heavy atom. The first-order valence-corrected chi connectivity index (χ1v) is 12.6. The number of carbonyl (C=O) groups is 1. The monoisotopic (exact) mass is 478 g/mol. The van der Waals surface area contributed by atoms with Crippen LogP contribution in [0.15, 0.2) is 54.9 Å². The number of amides is 1. The largest absolute Gasteiger partial charge is 0.381 e. The average molecular weight is 479 g/mol. The minimum absolute atomic E-state index is 0.0396. The summed E-state index contributed by atoms with van der Waals surface area (Å²) in [7, 11) is 4.08. The molecule has 7 nitrogen and oxygen atoms in total. The molecule has 1 aromatic carbocycles. The molecule has 0 saturated carbocycles. The number of rotatable bonds is 9. The summed E-state index contributed by atoms with van der Waals surface area (Å²) < 4.78 is 11.8. The van der Waals surface area contributed by atoms with E-state index in [1.807, 2.05) is 31.1 Å². The molecular weight excluding hydrogens is 440 g/mol. The normalized spacial score (nSPS) is 20.3. The Morgan fingerprint density at radius 1 is 1.09 bits per heavy atom. The van der Waals surface area contributed by atoms with Gasteiger partial charge in [-0.05, 0) is 54.2 Å². The maximum atomic E-state index is 13.2. The molecule has 7 heteroatoms. The molecule has 1 atom stereocenters. The second-order valence-electron chi connectivity index (χ2n) is 9.73. The third kappa shape index (κ3) is 7.88. The standard InChI is InChI=1S/C28H38N4O3/c1-30(2)26-7-5-23(6-8-26)4-3-15-31-19-27(35-22-25-9-13-29-14-10-25)20-32(28(33)21-31)18-24-11-16-34-17-12-24/h3-10,13-14,24,27H,11-12,15-22H2,1-2H3/b4-3+. The number of hydrogen-bond donors (Lipinski definition) is 0. The lowest BCUT2D eigenvalue weighted by Gasteiger charge is -2.30. The quantitative estimate of drug-likeness (QED) is 0.551. The molecule has 1 aromatic heterocycles. The topological polar surface area (TPSA) is 58.1 Å². The van der Waals surface area contributed by atoms with Crippen molar-refractivity contribution in [2.75, 3.05) is 64.9 Å². The summed E-state index contributed by atoms with van der Waals surface area (Å²) in [6.45, 7) is 5.39. The Kier molecular flexibility index (Phi) is 9.28. The summed E-state index contributed by atoms with van der Waals surface area (Å²) in [5.74, 6) is 0.695. The fraction of sp³-hybridized carbons (Fsp3) is 0.500. The summed E-state index contributed by atoms with van der Waals surface area (Å²) in [6, 6.07) is 12.4. The zero-order valence-corrected chi connectivity index (χ0v) is 21.0. The van der Waals surface area contributed by atoms with Gasteiger partial charge in [-0.25, -0.2) is 0 Å². The summed E-state index contributed by atoms with van der Waals surface area (Å²) >= 11 is 0. The van der Waals surface area contributed by atoms with Crippen LogP contribution in [0.5, 0.6) is 0 Å². The first-order valence-electron chi connectivity index (χ1n) is 12.6. The number of aromatic nitrogens is 1. The van der Waals surface area contributed by atoms with Crippen LogP contribution in [0, 0.1) is 5.92 Å². The second-order valence-corrected chi connectivity index (χ2v) is 9.73. The molecule has 1 amide bonds. The van der Waals surface area contributed by atoms with Crippen molar-refractivity contribution in [1.29, 1.82) is 0 Å². The zero-order chi connectivity index (χ0) is 24.5. The Bertz CT molecular complexity index is 942. The number of pyridine rings is 1. The van der Waals surface area contributed by atoms with Gasteiger partial charge in [-0.1, -0.05) is 24.3 Å². The fourth-order valence-corrected chi connectivity index (χ4v) is 4.63. The highest BCUT2D eigenvalue weighted by molar-refractivity contribution is 5.78. The number of ether oxygens (including phenoxy) is 2. The van der Waals surface area contributed by atoms with Gasteiger partial charge in [-0.15, -0.1) is 0 Å². The van der Waals surface area contributed by atoms with Gasteiger partial charge in [0, 0.05) is 71.6 Å². The van der Waals surface area contributed by atoms with E-state index < -0.39 is 0 Å². The van der Waals surface area contributed by atoms with E-state index in [9.17, 15) is 4.79 Å². The summed E-state index contributed by atoms with van der Waals surface area (Å²) in [6.07, 6.45) is 9.84. The molecule has 3 heterocycles. The van der Waals surface area contributed by atoms with Gasteiger partial charge in [0.05, 0.1) is 19.3 Å². The lowest BCUT2D eigenvalue weighted by atomic mass is 9.99. The molecule has 0 N–H and O–H groups in total. The molecule has 1 unspecified atom stereocenters. The SMILES string of the molecule is CN(C)c1ccc(/C=C/CN2CC(=O)N(CC3CCOCC3)CC(OCc3ccncc3)C2)cc1. The van der Waals surface area contributed by atoms with Crippen molar-refractivity contribution in [3.05, 3.63) is 66.0 Å². The maximum absolute atomic E-state index is 13.2. The molecule has 0 aliphatic carbocycles. The second kappa shape index (κ2) is 12.8. The van der Waals surface area contributed by atoms with Crippen molar-refractivity contribution in [2.45, 2.75) is 25.6 Å². The molecule has 2 fully saturated rings. The first kappa shape index (κ1) is 25.4. The van der Waals surface area contributed by atoms with Crippen LogP contribution >= 0.6 is 0 Å². The molecule has 4 rings (SSSR count). The minimum Gasteiger partial charge on any atom is -0.381 e. The van der Waals surface area contributed by atoms with Gasteiger partial charge in [0.25, 0.3) is 0 Å². The molecule has 2 aliphatic rings. The highest BCUT2D eigenvalue weighted by Gasteiger charge is 2.30. The Morgan fingerprint density at radius 3 is 2.54 bits per heavy atom. The first-order chi connectivity index (χ1) is 17.1. The Balaban J connectivity index is 1.39. The molecular formula is C28H38N4O3. The lowest BCUT2D eigenvalue weighted by molar-refractivity contribution is -0.133. The third-order valence-electron chi connectivity index (χ3n) is 6.74. The summed E-state index contributed by atoms with van der Waals surface area (Å²) in [5.41, 5.74) is 3.43. The van der Waals surface area contributed by atoms with E-state index >= 15 is 0 Å². The summed E-state index contributed by atoms with van der Waals surface area (Å²) in [5, 5.41) is 0. The highest BCUT2D eigenvalue weighted by atomic mass is 16.5. The van der Waals surface area contributed by atoms with Crippen LogP contribution in [0.2, 0.25) is 0 Å². The van der Waals surface area contributed by atoms with E-state index in [4.69, 9.17) is 9.47 Å². The van der Waals surface area contributed by atoms with E-state index in [1.54, 1.807) is 12.4 Å². The molecule has 2 aromatic rings. The van der Waals surface area contributed by atoms with Gasteiger partial charge in [-0.3, -0.25) is 14.7 Å². The van der Waals surface area contributed by atoms with Crippen LogP contribution in [-0.4, -0.2) is 86.8 Å². The van der Waals surface area contributed by atoms with Crippen LogP contribution in [0.4, 0.5) is 5.69 Å². The van der Waals surface area contributed by atoms with E-state index in [2.05, 4.69) is 51.2 Å². The predicted octanol–water partition coefficient (Wildman–Crippen LogP) is 3.32. The molecule has 0 bridgehead atoms. The number of carbonyl (C=O) groups excluding carboxylic acids is 1. The van der Waals surface area contributed by atoms with Gasteiger partial charge < -0.3 is 19.3 Å². The van der Waals surface area contributed by atoms with Gasteiger partial charge in [0.2, 0.25) is 5.91 Å². The van der Waals surface area contributed by atoms with Crippen molar-refractivity contribution < 1.29 is 14.3 Å². The third-order valence-corrected chi connectivity index (χ3v) is 6.74. The van der Waals surface area contributed by atoms with Crippen molar-refractivity contribution in [3.8, 4) is 0 Å². The van der Waals surface area contributed by atoms with Gasteiger partial charge in [-0.2, -0.15) is 0 Å². The van der Waals surface area contributed by atoms with Crippen LogP contribution < -0.4 is 4.90 Å². The predicted molar refractivity (Wildman–Crippen MR) is 139 cm³/mol. The molecule has 0 radical (unpaired) electrons. The van der Waals surface area contributed by atoms with Crippen molar-refractivity contribution in [2.24, 2.45) is 5.92 Å². The molecule has 2 aliphatic heterocycles.